The van der Waals surface area contributed by atoms with Crippen LogP contribution in [0.25, 0.3) is 22.3 Å². The largest absolute Gasteiger partial charge is 0.473 e. The van der Waals surface area contributed by atoms with Gasteiger partial charge in [-0.05, 0) is 12.1 Å². The van der Waals surface area contributed by atoms with Crippen LogP contribution in [0.5, 0.6) is 5.88 Å². The molecule has 0 saturated carbocycles. The third-order valence-electron chi connectivity index (χ3n) is 5.16. The Hall–Kier alpha value is -3.39. The van der Waals surface area contributed by atoms with E-state index in [9.17, 15) is 22.0 Å². The van der Waals surface area contributed by atoms with Crippen molar-refractivity contribution in [3.63, 3.8) is 0 Å². The number of rotatable bonds is 4. The molecule has 3 aromatic rings. The van der Waals surface area contributed by atoms with Gasteiger partial charge in [-0.15, -0.1) is 0 Å². The average molecular weight is 468 g/mol. The zero-order valence-corrected chi connectivity index (χ0v) is 17.5. The molecule has 1 aliphatic rings. The summed E-state index contributed by atoms with van der Waals surface area (Å²) in [7, 11) is -2.91. The minimum atomic E-state index is -4.45. The van der Waals surface area contributed by atoms with Crippen LogP contribution >= 0.6 is 0 Å². The molecular weight excluding hydrogens is 450 g/mol. The molecule has 0 atom stereocenters. The maximum Gasteiger partial charge on any atom is 0.407 e. The Morgan fingerprint density at radius 1 is 1.22 bits per heavy atom. The molecule has 3 N–H and O–H groups in total. The van der Waals surface area contributed by atoms with Crippen LogP contribution in [-0.2, 0) is 17.1 Å². The van der Waals surface area contributed by atoms with Crippen LogP contribution in [-0.4, -0.2) is 63.5 Å². The number of fused-ring (bicyclic) bond motifs is 1. The van der Waals surface area contributed by atoms with Crippen molar-refractivity contribution in [2.45, 2.75) is 23.8 Å². The van der Waals surface area contributed by atoms with E-state index in [2.05, 4.69) is 15.1 Å². The predicted molar refractivity (Wildman–Crippen MR) is 106 cm³/mol. The quantitative estimate of drug-likeness (QED) is 0.584. The number of hydrogen-bond donors (Lipinski definition) is 2. The minimum Gasteiger partial charge on any atom is -0.473 e. The van der Waals surface area contributed by atoms with Crippen molar-refractivity contribution in [1.29, 1.82) is 0 Å². The summed E-state index contributed by atoms with van der Waals surface area (Å²) >= 11 is 0. The zero-order valence-electron chi connectivity index (χ0n) is 16.7. The van der Waals surface area contributed by atoms with E-state index in [0.29, 0.717) is 43.6 Å². The number of ether oxygens (including phenoxy) is 1. The normalized spacial score (nSPS) is 15.3. The van der Waals surface area contributed by atoms with Crippen LogP contribution < -0.4 is 9.88 Å². The molecule has 11 nitrogen and oxygen atoms in total. The number of carbonyl (C=O) groups is 1. The van der Waals surface area contributed by atoms with Gasteiger partial charge in [0.05, 0.1) is 0 Å². The van der Waals surface area contributed by atoms with Crippen LogP contribution in [0.3, 0.4) is 0 Å². The summed E-state index contributed by atoms with van der Waals surface area (Å²) in [6.07, 6.45) is 0.800. The molecule has 0 spiro atoms. The van der Waals surface area contributed by atoms with Crippen molar-refractivity contribution >= 4 is 27.1 Å². The van der Waals surface area contributed by atoms with E-state index in [1.807, 2.05) is 0 Å². The first kappa shape index (κ1) is 21.8. The molecule has 0 radical (unpaired) electrons. The summed E-state index contributed by atoms with van der Waals surface area (Å²) in [4.78, 5) is 19.6. The van der Waals surface area contributed by atoms with Crippen molar-refractivity contribution < 1.29 is 31.8 Å². The molecule has 1 aliphatic heterocycles. The second kappa shape index (κ2) is 7.94. The van der Waals surface area contributed by atoms with Crippen LogP contribution in [0, 0.1) is 11.6 Å². The van der Waals surface area contributed by atoms with Gasteiger partial charge in [0, 0.05) is 38.5 Å². The highest BCUT2D eigenvalue weighted by Gasteiger charge is 2.27. The lowest BCUT2D eigenvalue weighted by Gasteiger charge is -2.29. The number of halogens is 2. The summed E-state index contributed by atoms with van der Waals surface area (Å²) in [5.74, 6) is -2.11. The van der Waals surface area contributed by atoms with Gasteiger partial charge < -0.3 is 14.7 Å². The lowest BCUT2D eigenvalue weighted by molar-refractivity contribution is 0.0877. The van der Waals surface area contributed by atoms with E-state index in [1.54, 1.807) is 7.05 Å². The van der Waals surface area contributed by atoms with E-state index in [1.165, 1.54) is 15.9 Å². The van der Waals surface area contributed by atoms with E-state index in [4.69, 9.17) is 15.0 Å². The molecule has 0 aliphatic carbocycles. The van der Waals surface area contributed by atoms with Gasteiger partial charge in [-0.25, -0.2) is 32.1 Å². The first-order chi connectivity index (χ1) is 15.1. The molecule has 32 heavy (non-hydrogen) atoms. The fourth-order valence-electron chi connectivity index (χ4n) is 3.59. The molecule has 2 aromatic heterocycles. The number of hydrogen-bond acceptors (Lipinski definition) is 7. The molecular formula is C18H18F2N6O5S. The zero-order chi connectivity index (χ0) is 23.2. The number of aryl methyl sites for hydroxylation is 1. The monoisotopic (exact) mass is 468 g/mol. The fraction of sp³-hybridized carbons (Fsp3) is 0.333. The van der Waals surface area contributed by atoms with Crippen LogP contribution in [0.1, 0.15) is 12.8 Å². The SMILES string of the molecule is Cn1nc(-c2cc(F)c(S(N)(=O)=O)cc2F)c2ncnc(OC3CCN(C(=O)O)CC3)c21. The maximum absolute atomic E-state index is 14.7. The Bertz CT molecular complexity index is 1320. The number of piperidine rings is 1. The van der Waals surface area contributed by atoms with Crippen LogP contribution in [0.4, 0.5) is 13.6 Å². The van der Waals surface area contributed by atoms with Gasteiger partial charge in [0.2, 0.25) is 15.9 Å². The van der Waals surface area contributed by atoms with Gasteiger partial charge in [-0.2, -0.15) is 10.1 Å². The van der Waals surface area contributed by atoms with Gasteiger partial charge in [0.25, 0.3) is 0 Å². The van der Waals surface area contributed by atoms with Gasteiger partial charge in [-0.1, -0.05) is 0 Å². The second-order valence-electron chi connectivity index (χ2n) is 7.24. The Morgan fingerprint density at radius 3 is 2.53 bits per heavy atom. The second-order valence-corrected chi connectivity index (χ2v) is 8.77. The van der Waals surface area contributed by atoms with Crippen molar-refractivity contribution in [2.75, 3.05) is 13.1 Å². The third-order valence-corrected chi connectivity index (χ3v) is 6.09. The van der Waals surface area contributed by atoms with Crippen molar-refractivity contribution in [3.05, 3.63) is 30.1 Å². The number of carboxylic acid groups (broad SMARTS) is 1. The molecule has 14 heteroatoms. The number of primary sulfonamides is 1. The molecule has 1 fully saturated rings. The average Bonchev–Trinajstić information content (AvgIpc) is 3.06. The first-order valence-electron chi connectivity index (χ1n) is 9.40. The summed E-state index contributed by atoms with van der Waals surface area (Å²) in [6, 6.07) is 1.19. The Balaban J connectivity index is 1.71. The highest BCUT2D eigenvalue weighted by atomic mass is 32.2. The van der Waals surface area contributed by atoms with E-state index < -0.39 is 32.6 Å². The number of nitrogens with zero attached hydrogens (tertiary/aromatic N) is 5. The topological polar surface area (TPSA) is 154 Å². The highest BCUT2D eigenvalue weighted by molar-refractivity contribution is 7.89. The smallest absolute Gasteiger partial charge is 0.407 e. The number of benzene rings is 1. The summed E-state index contributed by atoms with van der Waals surface area (Å²) < 4.78 is 59.2. The molecule has 1 aromatic carbocycles. The predicted octanol–water partition coefficient (Wildman–Crippen LogP) is 1.48. The van der Waals surface area contributed by atoms with Gasteiger partial charge >= 0.3 is 6.09 Å². The lowest BCUT2D eigenvalue weighted by atomic mass is 10.1. The van der Waals surface area contributed by atoms with Gasteiger partial charge in [0.15, 0.2) is 0 Å². The summed E-state index contributed by atoms with van der Waals surface area (Å²) in [6.45, 7) is 0.623. The first-order valence-corrected chi connectivity index (χ1v) is 11.0. The Labute approximate surface area is 180 Å². The van der Waals surface area contributed by atoms with E-state index in [-0.39, 0.29) is 28.8 Å². The van der Waals surface area contributed by atoms with E-state index >= 15 is 0 Å². The standard InChI is InChI=1S/C18H18F2N6O5S/c1-25-16-15(14(24-25)10-6-12(20)13(7-11(10)19)32(21,29)30)22-8-23-17(16)31-9-2-4-26(5-3-9)18(27)28/h6-9H,2-5H2,1H3,(H,27,28)(H2,21,29,30). The fourth-order valence-corrected chi connectivity index (χ4v) is 4.19. The highest BCUT2D eigenvalue weighted by Crippen LogP contribution is 2.34. The van der Waals surface area contributed by atoms with Crippen LogP contribution in [0.15, 0.2) is 23.4 Å². The van der Waals surface area contributed by atoms with Crippen molar-refractivity contribution in [1.82, 2.24) is 24.6 Å². The molecule has 1 amide bonds. The van der Waals surface area contributed by atoms with Gasteiger partial charge in [0.1, 0.15) is 45.7 Å². The maximum atomic E-state index is 14.7. The molecule has 1 saturated heterocycles. The third kappa shape index (κ3) is 3.93. The van der Waals surface area contributed by atoms with Crippen LogP contribution in [0.2, 0.25) is 0 Å². The Kier molecular flexibility index (Phi) is 5.42. The number of aromatic nitrogens is 4. The summed E-state index contributed by atoms with van der Waals surface area (Å²) in [5, 5.41) is 18.2. The van der Waals surface area contributed by atoms with Gasteiger partial charge in [-0.3, -0.25) is 4.68 Å². The molecule has 170 valence electrons. The lowest BCUT2D eigenvalue weighted by Crippen LogP contribution is -2.41. The number of amides is 1. The van der Waals surface area contributed by atoms with Crippen molar-refractivity contribution in [2.24, 2.45) is 12.2 Å². The molecule has 3 heterocycles. The number of sulfonamides is 1. The minimum absolute atomic E-state index is 0.0344. The van der Waals surface area contributed by atoms with E-state index in [0.717, 1.165) is 0 Å². The summed E-state index contributed by atoms with van der Waals surface area (Å²) in [5.41, 5.74) is 0.147. The van der Waals surface area contributed by atoms with Crippen molar-refractivity contribution in [3.8, 4) is 17.1 Å². The molecule has 0 unspecified atom stereocenters. The molecule has 4 rings (SSSR count). The number of nitrogens with two attached hydrogens (primary N) is 1. The molecule has 0 bridgehead atoms. The Morgan fingerprint density at radius 2 is 1.91 bits per heavy atom. The number of likely N-dealkylation sites (tertiary alicyclic amines) is 1.